The van der Waals surface area contributed by atoms with E-state index in [1.54, 1.807) is 66.0 Å². The number of carbonyl (C=O) groups is 5. The molecule has 0 amide bonds. The smallest absolute Gasteiger partial charge is 0.309 e. The molecule has 2 N–H and O–H groups in total. The number of aldehydes is 1. The van der Waals surface area contributed by atoms with E-state index in [2.05, 4.69) is 9.97 Å². The summed E-state index contributed by atoms with van der Waals surface area (Å²) < 4.78 is 56.1. The second-order valence-electron chi connectivity index (χ2n) is 20.2. The zero-order chi connectivity index (χ0) is 53.6. The molecule has 0 aliphatic carbocycles. The SMILES string of the molecule is CCC(=O)O[C@@H]1CC(=O)O[C@@H](CC=Cc2cnc3ncccc3c2)CCCN(C)C[C@H](O)[C@H](C)C[C@H](CC=O)[C@H](O[C@@H]2OC(C)[C@@H](O[C@H]3CC(C)(OC(C)=O)[C@@H](OC(=O)CC)C(C)O3)C(N(C)C)C2O)[C@H]1OC. The fraction of sp³-hybridized carbons (Fsp3) is 0.717. The Kier molecular flexibility index (Phi) is 22.7. The highest BCUT2D eigenvalue weighted by Crippen LogP contribution is 2.39. The molecule has 3 fully saturated rings. The molecule has 16 atom stereocenters. The molecule has 0 radical (unpaired) electrons. The molecule has 408 valence electrons. The van der Waals surface area contributed by atoms with Crippen LogP contribution in [0.4, 0.5) is 0 Å². The van der Waals surface area contributed by atoms with Gasteiger partial charge in [0.1, 0.15) is 36.8 Å². The topological polar surface area (TPSA) is 241 Å². The van der Waals surface area contributed by atoms with E-state index < -0.39 is 127 Å². The number of cyclic esters (lactones) is 1. The van der Waals surface area contributed by atoms with E-state index >= 15 is 0 Å². The van der Waals surface area contributed by atoms with E-state index in [1.807, 2.05) is 49.2 Å². The van der Waals surface area contributed by atoms with Crippen LogP contribution < -0.4 is 0 Å². The van der Waals surface area contributed by atoms with Gasteiger partial charge in [-0.2, -0.15) is 0 Å². The number of aliphatic hydroxyl groups is 2. The number of hydrogen-bond acceptors (Lipinski definition) is 20. The number of rotatable bonds is 16. The van der Waals surface area contributed by atoms with E-state index in [0.717, 1.165) is 17.2 Å². The van der Waals surface area contributed by atoms with Crippen LogP contribution in [-0.4, -0.2) is 187 Å². The Labute approximate surface area is 429 Å². The molecule has 5 unspecified atom stereocenters. The maximum Gasteiger partial charge on any atom is 0.309 e. The Morgan fingerprint density at radius 1 is 0.986 bits per heavy atom. The van der Waals surface area contributed by atoms with Crippen LogP contribution in [0.1, 0.15) is 112 Å². The average molecular weight is 1030 g/mol. The molecule has 0 saturated carbocycles. The number of pyridine rings is 2. The molecular formula is C53H80N4O16. The van der Waals surface area contributed by atoms with Crippen LogP contribution in [0.15, 0.2) is 36.7 Å². The average Bonchev–Trinajstić information content (AvgIpc) is 3.32. The summed E-state index contributed by atoms with van der Waals surface area (Å²) in [5.41, 5.74) is 0.138. The largest absolute Gasteiger partial charge is 0.462 e. The Hall–Kier alpha value is -4.51. The fourth-order valence-corrected chi connectivity index (χ4v) is 10.3. The molecule has 3 aliphatic heterocycles. The summed E-state index contributed by atoms with van der Waals surface area (Å²) in [7, 11) is 6.79. The molecule has 5 heterocycles. The van der Waals surface area contributed by atoms with Gasteiger partial charge in [0, 0.05) is 70.5 Å². The molecule has 5 rings (SSSR count). The standard InChI is InChI=1S/C53H80N4O16/c1-12-41(61)69-40-27-43(63)68-38(19-14-17-35-26-37-18-15-22-54-51(37)55-29-35)20-16-23-57(10)30-39(60)31(3)25-36(21-24-58)48(49(40)65-11)72-52-46(64)45(56(8)9)47(32(4)67-52)71-44-28-53(7,73-34(6)59)50(33(5)66-44)70-42(62)13-2/h14-15,17-18,22,24,26,29,31-33,36,38-40,44-50,52,60,64H,12-13,16,19-21,23,25,27-28,30H2,1-11H3/t31-,32?,33?,36+,38+,39+,40-,44+,45?,46?,47-,48+,49+,50+,52+,53?/m1/s1. The predicted molar refractivity (Wildman–Crippen MR) is 266 cm³/mol. The summed E-state index contributed by atoms with van der Waals surface area (Å²) in [5.74, 6) is -3.49. The molecule has 3 aliphatic rings. The molecule has 73 heavy (non-hydrogen) atoms. The third kappa shape index (κ3) is 16.5. The summed E-state index contributed by atoms with van der Waals surface area (Å²) in [4.78, 5) is 77.4. The number of ether oxygens (including phenoxy) is 9. The van der Waals surface area contributed by atoms with Gasteiger partial charge in [0.05, 0.1) is 36.9 Å². The van der Waals surface area contributed by atoms with Crippen molar-refractivity contribution in [1.29, 1.82) is 0 Å². The van der Waals surface area contributed by atoms with Crippen molar-refractivity contribution >= 4 is 47.3 Å². The number of hydrogen-bond donors (Lipinski definition) is 2. The lowest BCUT2D eigenvalue weighted by Gasteiger charge is -2.50. The van der Waals surface area contributed by atoms with Crippen LogP contribution in [0.25, 0.3) is 17.1 Å². The first kappa shape index (κ1) is 59.4. The number of methoxy groups -OCH3 is 1. The van der Waals surface area contributed by atoms with Crippen molar-refractivity contribution in [1.82, 2.24) is 19.8 Å². The summed E-state index contributed by atoms with van der Waals surface area (Å²) in [6, 6.07) is 4.91. The first-order valence-corrected chi connectivity index (χ1v) is 25.6. The first-order valence-electron chi connectivity index (χ1n) is 25.6. The summed E-state index contributed by atoms with van der Waals surface area (Å²) in [6.07, 6.45) is -3.22. The molecule has 0 aromatic carbocycles. The molecule has 0 spiro atoms. The lowest BCUT2D eigenvalue weighted by atomic mass is 9.82. The van der Waals surface area contributed by atoms with Crippen molar-refractivity contribution in [2.45, 2.75) is 192 Å². The Bertz CT molecular complexity index is 2150. The lowest BCUT2D eigenvalue weighted by Crippen LogP contribution is -2.66. The molecular weight excluding hydrogens is 949 g/mol. The highest BCUT2D eigenvalue weighted by atomic mass is 16.7. The predicted octanol–water partition coefficient (Wildman–Crippen LogP) is 4.57. The van der Waals surface area contributed by atoms with Crippen molar-refractivity contribution in [2.75, 3.05) is 41.3 Å². The number of aromatic nitrogens is 2. The quantitative estimate of drug-likeness (QED) is 0.133. The van der Waals surface area contributed by atoms with Gasteiger partial charge in [-0.15, -0.1) is 0 Å². The summed E-state index contributed by atoms with van der Waals surface area (Å²) >= 11 is 0. The van der Waals surface area contributed by atoms with Crippen LogP contribution in [-0.2, 0) is 66.6 Å². The number of aliphatic hydroxyl groups excluding tert-OH is 2. The van der Waals surface area contributed by atoms with Crippen LogP contribution in [0.3, 0.4) is 0 Å². The van der Waals surface area contributed by atoms with Gasteiger partial charge in [0.15, 0.2) is 29.9 Å². The molecule has 20 heteroatoms. The van der Waals surface area contributed by atoms with Gasteiger partial charge in [-0.1, -0.05) is 32.9 Å². The normalized spacial score (nSPS) is 34.5. The van der Waals surface area contributed by atoms with Crippen LogP contribution >= 0.6 is 0 Å². The molecule has 20 nitrogen and oxygen atoms in total. The van der Waals surface area contributed by atoms with Gasteiger partial charge < -0.3 is 67.4 Å². The van der Waals surface area contributed by atoms with Crippen molar-refractivity contribution in [2.24, 2.45) is 11.8 Å². The zero-order valence-electron chi connectivity index (χ0n) is 44.5. The van der Waals surface area contributed by atoms with Crippen molar-refractivity contribution < 1.29 is 76.8 Å². The third-order valence-corrected chi connectivity index (χ3v) is 14.0. The van der Waals surface area contributed by atoms with Crippen LogP contribution in [0.2, 0.25) is 0 Å². The second-order valence-corrected chi connectivity index (χ2v) is 20.2. The second kappa shape index (κ2) is 27.9. The monoisotopic (exact) mass is 1030 g/mol. The van der Waals surface area contributed by atoms with Gasteiger partial charge in [0.25, 0.3) is 0 Å². The van der Waals surface area contributed by atoms with Crippen molar-refractivity contribution in [3.8, 4) is 0 Å². The van der Waals surface area contributed by atoms with Crippen molar-refractivity contribution in [3.05, 3.63) is 42.2 Å². The molecule has 2 aromatic rings. The third-order valence-electron chi connectivity index (χ3n) is 14.0. The van der Waals surface area contributed by atoms with Gasteiger partial charge in [-0.05, 0) is 103 Å². The minimum atomic E-state index is -1.45. The lowest BCUT2D eigenvalue weighted by molar-refractivity contribution is -0.344. The Balaban J connectivity index is 1.46. The molecule has 0 bridgehead atoms. The van der Waals surface area contributed by atoms with Gasteiger partial charge in [-0.25, -0.2) is 9.97 Å². The highest BCUT2D eigenvalue weighted by molar-refractivity contribution is 5.77. The minimum Gasteiger partial charge on any atom is -0.462 e. The van der Waals surface area contributed by atoms with E-state index in [1.165, 1.54) is 14.0 Å². The van der Waals surface area contributed by atoms with Crippen LogP contribution in [0, 0.1) is 11.8 Å². The molecule has 3 saturated heterocycles. The number of carbonyl (C=O) groups excluding carboxylic acids is 5. The maximum absolute atomic E-state index is 14.2. The first-order chi connectivity index (χ1) is 34.7. The van der Waals surface area contributed by atoms with Crippen molar-refractivity contribution in [3.63, 3.8) is 0 Å². The number of esters is 4. The maximum atomic E-state index is 14.2. The van der Waals surface area contributed by atoms with Crippen LogP contribution in [0.5, 0.6) is 0 Å². The summed E-state index contributed by atoms with van der Waals surface area (Å²) in [6.45, 7) is 12.4. The zero-order valence-corrected chi connectivity index (χ0v) is 44.5. The van der Waals surface area contributed by atoms with E-state index in [9.17, 15) is 34.2 Å². The van der Waals surface area contributed by atoms with Gasteiger partial charge in [-0.3, -0.25) is 19.2 Å². The number of likely N-dealkylation sites (N-methyl/N-ethyl adjacent to an activating group) is 2. The van der Waals surface area contributed by atoms with E-state index in [-0.39, 0.29) is 32.1 Å². The fourth-order valence-electron chi connectivity index (χ4n) is 10.3. The molecule has 2 aromatic heterocycles. The van der Waals surface area contributed by atoms with Gasteiger partial charge in [0.2, 0.25) is 0 Å². The Morgan fingerprint density at radius 2 is 1.71 bits per heavy atom. The Morgan fingerprint density at radius 3 is 2.38 bits per heavy atom. The van der Waals surface area contributed by atoms with Gasteiger partial charge >= 0.3 is 23.9 Å². The number of nitrogens with zero attached hydrogens (tertiary/aromatic N) is 4. The minimum absolute atomic E-state index is 0.0261. The number of β-amino-alcohol motifs (C(OH)–C–C–N with tert-alkyl or cyclic N) is 1. The summed E-state index contributed by atoms with van der Waals surface area (Å²) in [5, 5.41) is 24.9. The number of fused-ring (bicyclic) bond motifs is 1. The highest BCUT2D eigenvalue weighted by Gasteiger charge is 2.54. The van der Waals surface area contributed by atoms with E-state index in [4.69, 9.17) is 42.6 Å². The van der Waals surface area contributed by atoms with E-state index in [0.29, 0.717) is 38.0 Å².